The lowest BCUT2D eigenvalue weighted by molar-refractivity contribution is 0.0687. The Morgan fingerprint density at radius 3 is 2.81 bits per heavy atom. The lowest BCUT2D eigenvalue weighted by atomic mass is 9.97. The summed E-state index contributed by atoms with van der Waals surface area (Å²) in [5.74, 6) is 3.70. The Morgan fingerprint density at radius 1 is 1.41 bits per heavy atom. The van der Waals surface area contributed by atoms with E-state index in [1.807, 2.05) is 0 Å². The first-order valence-electron chi connectivity index (χ1n) is 8.38. The Hall–Kier alpha value is -3.12. The van der Waals surface area contributed by atoms with Crippen LogP contribution in [-0.4, -0.2) is 58.6 Å². The maximum absolute atomic E-state index is 14.7. The second-order valence-corrected chi connectivity index (χ2v) is 6.20. The monoisotopic (exact) mass is 374 g/mol. The van der Waals surface area contributed by atoms with Crippen molar-refractivity contribution in [1.29, 1.82) is 0 Å². The number of hydrogen-bond donors (Lipinski definition) is 2. The molecule has 1 fully saturated rings. The van der Waals surface area contributed by atoms with Gasteiger partial charge >= 0.3 is 5.97 Å². The highest BCUT2D eigenvalue weighted by Gasteiger charge is 2.21. The molecule has 0 spiro atoms. The molecule has 1 saturated heterocycles. The predicted octanol–water partition coefficient (Wildman–Crippen LogP) is 2.14. The van der Waals surface area contributed by atoms with Gasteiger partial charge in [0.15, 0.2) is 11.5 Å². The third-order valence-electron chi connectivity index (χ3n) is 4.33. The zero-order valence-corrected chi connectivity index (χ0v) is 15.0. The lowest BCUT2D eigenvalue weighted by Gasteiger charge is -2.25. The van der Waals surface area contributed by atoms with Gasteiger partial charge in [-0.2, -0.15) is 4.39 Å². The number of H-pyrrole nitrogens is 1. The van der Waals surface area contributed by atoms with Crippen molar-refractivity contribution < 1.29 is 23.8 Å². The fourth-order valence-corrected chi connectivity index (χ4v) is 2.78. The minimum Gasteiger partial charge on any atom is -0.492 e. The summed E-state index contributed by atoms with van der Waals surface area (Å²) in [7, 11) is 3.41. The molecule has 2 heterocycles. The van der Waals surface area contributed by atoms with Crippen LogP contribution in [0, 0.1) is 23.6 Å². The molecule has 8 nitrogen and oxygen atoms in total. The predicted molar refractivity (Wildman–Crippen MR) is 93.5 cm³/mol. The van der Waals surface area contributed by atoms with Gasteiger partial charge < -0.3 is 19.5 Å². The number of halogens is 1. The van der Waals surface area contributed by atoms with Crippen LogP contribution in [0.4, 0.5) is 4.39 Å². The molecule has 2 aromatic rings. The van der Waals surface area contributed by atoms with Gasteiger partial charge in [-0.15, -0.1) is 0 Å². The number of rotatable bonds is 4. The number of carboxylic acids is 1. The number of nitrogens with one attached hydrogen (secondary N) is 1. The highest BCUT2D eigenvalue weighted by atomic mass is 19.1. The highest BCUT2D eigenvalue weighted by Crippen LogP contribution is 2.33. The summed E-state index contributed by atoms with van der Waals surface area (Å²) in [6.45, 7) is 1.97. The van der Waals surface area contributed by atoms with Crippen LogP contribution in [0.15, 0.2) is 12.1 Å². The van der Waals surface area contributed by atoms with Gasteiger partial charge in [-0.25, -0.2) is 9.89 Å². The van der Waals surface area contributed by atoms with Crippen LogP contribution in [0.3, 0.4) is 0 Å². The zero-order valence-electron chi connectivity index (χ0n) is 15.0. The van der Waals surface area contributed by atoms with Gasteiger partial charge in [0.2, 0.25) is 11.5 Å². The maximum Gasteiger partial charge on any atom is 0.359 e. The van der Waals surface area contributed by atoms with Crippen LogP contribution in [0.25, 0.3) is 0 Å². The summed E-state index contributed by atoms with van der Waals surface area (Å²) < 4.78 is 25.1. The number of ether oxygens (including phenoxy) is 2. The molecule has 0 aliphatic carbocycles. The normalized spacial score (nSPS) is 15.1. The number of carboxylic acid groups (broad SMARTS) is 1. The van der Waals surface area contributed by atoms with Crippen molar-refractivity contribution in [2.45, 2.75) is 12.8 Å². The molecule has 0 atom stereocenters. The van der Waals surface area contributed by atoms with E-state index in [2.05, 4.69) is 39.2 Å². The van der Waals surface area contributed by atoms with Gasteiger partial charge in [0.1, 0.15) is 0 Å². The van der Waals surface area contributed by atoms with E-state index >= 15 is 0 Å². The second-order valence-electron chi connectivity index (χ2n) is 6.20. The van der Waals surface area contributed by atoms with Crippen LogP contribution in [-0.2, 0) is 0 Å². The van der Waals surface area contributed by atoms with Crippen LogP contribution in [0.1, 0.15) is 28.9 Å². The number of aromatic nitrogens is 3. The Balaban J connectivity index is 1.83. The number of methoxy groups -OCH3 is 1. The van der Waals surface area contributed by atoms with E-state index in [9.17, 15) is 9.18 Å². The molecular weight excluding hydrogens is 355 g/mol. The average Bonchev–Trinajstić information content (AvgIpc) is 3.12. The molecule has 142 valence electrons. The van der Waals surface area contributed by atoms with Gasteiger partial charge in [-0.3, -0.25) is 0 Å². The fourth-order valence-electron chi connectivity index (χ4n) is 2.78. The van der Waals surface area contributed by atoms with E-state index in [-0.39, 0.29) is 29.0 Å². The van der Waals surface area contributed by atoms with E-state index in [1.54, 1.807) is 6.07 Å². The molecule has 0 radical (unpaired) electrons. The first-order valence-corrected chi connectivity index (χ1v) is 8.38. The van der Waals surface area contributed by atoms with Gasteiger partial charge in [-0.05, 0) is 45.1 Å². The van der Waals surface area contributed by atoms with Crippen LogP contribution < -0.4 is 9.47 Å². The van der Waals surface area contributed by atoms with E-state index < -0.39 is 11.8 Å². The van der Waals surface area contributed by atoms with Crippen LogP contribution in [0.5, 0.6) is 17.4 Å². The van der Waals surface area contributed by atoms with Crippen molar-refractivity contribution in [1.82, 2.24) is 20.3 Å². The number of carbonyl (C=O) groups is 1. The summed E-state index contributed by atoms with van der Waals surface area (Å²) in [6, 6.07) is 2.93. The number of nitrogens with zero attached hydrogens (tertiary/aromatic N) is 3. The van der Waals surface area contributed by atoms with Gasteiger partial charge in [0.05, 0.1) is 12.7 Å². The van der Waals surface area contributed by atoms with E-state index in [4.69, 9.17) is 14.6 Å². The van der Waals surface area contributed by atoms with Crippen molar-refractivity contribution in [2.24, 2.45) is 5.92 Å². The first-order chi connectivity index (χ1) is 13.0. The van der Waals surface area contributed by atoms with E-state index in [1.165, 1.54) is 13.2 Å². The highest BCUT2D eigenvalue weighted by molar-refractivity contribution is 5.87. The third-order valence-corrected chi connectivity index (χ3v) is 4.33. The first kappa shape index (κ1) is 18.7. The summed E-state index contributed by atoms with van der Waals surface area (Å²) in [6.07, 6.45) is 1.94. The van der Waals surface area contributed by atoms with Crippen molar-refractivity contribution in [2.75, 3.05) is 27.2 Å². The number of piperidine rings is 1. The number of aromatic carboxylic acids is 1. The zero-order chi connectivity index (χ0) is 19.4. The maximum atomic E-state index is 14.7. The summed E-state index contributed by atoms with van der Waals surface area (Å²) in [5.41, 5.74) is 0.0272. The third kappa shape index (κ3) is 4.17. The Morgan fingerprint density at radius 2 is 2.15 bits per heavy atom. The smallest absolute Gasteiger partial charge is 0.359 e. The Kier molecular flexibility index (Phi) is 5.57. The molecule has 0 unspecified atom stereocenters. The summed E-state index contributed by atoms with van der Waals surface area (Å²) >= 11 is 0. The van der Waals surface area contributed by atoms with E-state index in [0.717, 1.165) is 25.9 Å². The van der Waals surface area contributed by atoms with Crippen molar-refractivity contribution in [3.05, 3.63) is 29.2 Å². The molecule has 1 aromatic carbocycles. The molecule has 1 aromatic heterocycles. The molecule has 0 saturated carbocycles. The molecule has 2 N–H and O–H groups in total. The van der Waals surface area contributed by atoms with E-state index in [0.29, 0.717) is 5.56 Å². The number of likely N-dealkylation sites (tertiary alicyclic amines) is 1. The molecule has 0 bridgehead atoms. The lowest BCUT2D eigenvalue weighted by Crippen LogP contribution is -2.29. The largest absolute Gasteiger partial charge is 0.492 e. The van der Waals surface area contributed by atoms with Crippen molar-refractivity contribution in [3.8, 4) is 29.2 Å². The van der Waals surface area contributed by atoms with Crippen molar-refractivity contribution >= 4 is 5.97 Å². The summed E-state index contributed by atoms with van der Waals surface area (Å²) in [4.78, 5) is 13.3. The Labute approximate surface area is 155 Å². The molecule has 0 amide bonds. The number of benzene rings is 1. The SMILES string of the molecule is COc1c(C#CC2CCN(C)CC2)ccc(Oc2nn[nH]c2C(=O)O)c1F. The molecule has 27 heavy (non-hydrogen) atoms. The molecule has 1 aliphatic heterocycles. The van der Waals surface area contributed by atoms with Gasteiger partial charge in [0, 0.05) is 5.92 Å². The quantitative estimate of drug-likeness (QED) is 0.791. The van der Waals surface area contributed by atoms with Crippen LogP contribution in [0.2, 0.25) is 0 Å². The second kappa shape index (κ2) is 8.05. The number of aromatic amines is 1. The average molecular weight is 374 g/mol. The van der Waals surface area contributed by atoms with Crippen LogP contribution >= 0.6 is 0 Å². The van der Waals surface area contributed by atoms with Crippen molar-refractivity contribution in [3.63, 3.8) is 0 Å². The minimum absolute atomic E-state index is 0.0618. The molecule has 3 rings (SSSR count). The number of hydrogen-bond acceptors (Lipinski definition) is 6. The Bertz CT molecular complexity index is 894. The van der Waals surface area contributed by atoms with Gasteiger partial charge in [0.25, 0.3) is 5.88 Å². The minimum atomic E-state index is -1.32. The fraction of sp³-hybridized carbons (Fsp3) is 0.389. The summed E-state index contributed by atoms with van der Waals surface area (Å²) in [5, 5.41) is 18.1. The molecular formula is C18H19FN4O4. The standard InChI is InChI=1S/C18H19FN4O4/c1-23-9-7-11(8-10-23)3-4-12-5-6-13(14(19)16(12)26-2)27-17-15(18(24)25)20-22-21-17/h5-6,11H,7-10H2,1-2H3,(H,24,25)(H,20,21,22). The topological polar surface area (TPSA) is 101 Å². The van der Waals surface area contributed by atoms with Gasteiger partial charge in [-0.1, -0.05) is 22.2 Å². The molecule has 9 heteroatoms. The molecule has 1 aliphatic rings.